The first-order valence-corrected chi connectivity index (χ1v) is 6.96. The van der Waals surface area contributed by atoms with E-state index in [4.69, 9.17) is 13.9 Å². The predicted octanol–water partition coefficient (Wildman–Crippen LogP) is 3.53. The number of rotatable bonds is 2. The van der Waals surface area contributed by atoms with Gasteiger partial charge in [-0.05, 0) is 36.8 Å². The molecule has 2 aliphatic heterocycles. The number of anilines is 1. The molecule has 2 aromatic rings. The molecule has 0 bridgehead atoms. The van der Waals surface area contributed by atoms with Gasteiger partial charge in [0.1, 0.15) is 11.5 Å². The lowest BCUT2D eigenvalue weighted by Gasteiger charge is -2.35. The van der Waals surface area contributed by atoms with Crippen molar-refractivity contribution in [2.75, 3.05) is 19.0 Å². The van der Waals surface area contributed by atoms with Crippen molar-refractivity contribution in [3.63, 3.8) is 0 Å². The van der Waals surface area contributed by atoms with E-state index in [2.05, 4.69) is 17.4 Å². The number of fused-ring (bicyclic) bond motifs is 3. The van der Waals surface area contributed by atoms with E-state index in [1.54, 1.807) is 13.4 Å². The lowest BCUT2D eigenvalue weighted by Crippen LogP contribution is -2.28. The second-order valence-electron chi connectivity index (χ2n) is 5.33. The average molecular weight is 271 g/mol. The van der Waals surface area contributed by atoms with Gasteiger partial charge >= 0.3 is 0 Å². The van der Waals surface area contributed by atoms with Gasteiger partial charge in [0.15, 0.2) is 0 Å². The molecule has 20 heavy (non-hydrogen) atoms. The van der Waals surface area contributed by atoms with E-state index in [1.165, 1.54) is 5.56 Å². The highest BCUT2D eigenvalue weighted by molar-refractivity contribution is 5.59. The van der Waals surface area contributed by atoms with E-state index in [9.17, 15) is 0 Å². The molecule has 4 heteroatoms. The molecule has 1 saturated heterocycles. The van der Waals surface area contributed by atoms with Gasteiger partial charge in [-0.2, -0.15) is 0 Å². The number of nitrogens with one attached hydrogen (secondary N) is 1. The van der Waals surface area contributed by atoms with Crippen LogP contribution in [0.1, 0.15) is 29.9 Å². The molecule has 0 radical (unpaired) electrons. The van der Waals surface area contributed by atoms with Crippen LogP contribution >= 0.6 is 0 Å². The minimum atomic E-state index is 0.122. The average Bonchev–Trinajstić information content (AvgIpc) is 3.17. The number of hydrogen-bond donors (Lipinski definition) is 1. The summed E-state index contributed by atoms with van der Waals surface area (Å²) >= 11 is 0. The fourth-order valence-corrected chi connectivity index (χ4v) is 3.33. The number of ether oxygens (including phenoxy) is 2. The molecule has 1 N–H and O–H groups in total. The van der Waals surface area contributed by atoms with E-state index in [1.807, 2.05) is 18.2 Å². The molecule has 1 aromatic carbocycles. The zero-order valence-corrected chi connectivity index (χ0v) is 11.3. The molecule has 0 spiro atoms. The van der Waals surface area contributed by atoms with Gasteiger partial charge in [0.25, 0.3) is 0 Å². The normalized spacial score (nSPS) is 27.6. The van der Waals surface area contributed by atoms with Crippen molar-refractivity contribution >= 4 is 5.69 Å². The standard InChI is InChI=1S/C16H17NO3/c1-18-10-4-5-13-12(9-10)16-11(6-8-20-16)15(17-13)14-3-2-7-19-14/h2-5,7,9,11,15-17H,6,8H2,1H3/t11-,15+,16-/m0/s1. The summed E-state index contributed by atoms with van der Waals surface area (Å²) in [5.41, 5.74) is 2.30. The molecule has 104 valence electrons. The summed E-state index contributed by atoms with van der Waals surface area (Å²) in [5.74, 6) is 2.25. The first-order valence-electron chi connectivity index (χ1n) is 6.96. The second kappa shape index (κ2) is 4.56. The van der Waals surface area contributed by atoms with Crippen LogP contribution in [-0.4, -0.2) is 13.7 Å². The molecule has 1 fully saturated rings. The van der Waals surface area contributed by atoms with Crippen molar-refractivity contribution in [1.82, 2.24) is 0 Å². The quantitative estimate of drug-likeness (QED) is 0.907. The molecule has 1 aromatic heterocycles. The molecule has 4 rings (SSSR count). The molecule has 3 heterocycles. The molecular weight excluding hydrogens is 254 g/mol. The third-order valence-corrected chi connectivity index (χ3v) is 4.29. The van der Waals surface area contributed by atoms with Gasteiger partial charge in [-0.3, -0.25) is 0 Å². The SMILES string of the molecule is COc1ccc2c(c1)[C@H]1OCC[C@H]1[C@H](c1ccco1)N2. The Balaban J connectivity index is 1.78. The van der Waals surface area contributed by atoms with E-state index in [0.29, 0.717) is 5.92 Å². The summed E-state index contributed by atoms with van der Waals surface area (Å²) in [7, 11) is 1.69. The Labute approximate surface area is 117 Å². The van der Waals surface area contributed by atoms with Crippen LogP contribution in [0.25, 0.3) is 0 Å². The Morgan fingerprint density at radius 1 is 1.30 bits per heavy atom. The first-order chi connectivity index (χ1) is 9.86. The maximum Gasteiger partial charge on any atom is 0.126 e. The summed E-state index contributed by atoms with van der Waals surface area (Å²) in [6.45, 7) is 0.796. The maximum atomic E-state index is 5.97. The maximum absolute atomic E-state index is 5.97. The molecular formula is C16H17NO3. The van der Waals surface area contributed by atoms with Gasteiger partial charge in [0.2, 0.25) is 0 Å². The third kappa shape index (κ3) is 1.72. The van der Waals surface area contributed by atoms with Crippen molar-refractivity contribution < 1.29 is 13.9 Å². The number of benzene rings is 1. The van der Waals surface area contributed by atoms with Crippen molar-refractivity contribution in [3.05, 3.63) is 47.9 Å². The van der Waals surface area contributed by atoms with Gasteiger partial charge in [0, 0.05) is 23.8 Å². The summed E-state index contributed by atoms with van der Waals surface area (Å²) in [6, 6.07) is 10.2. The van der Waals surface area contributed by atoms with Gasteiger partial charge in [-0.25, -0.2) is 0 Å². The highest BCUT2D eigenvalue weighted by Crippen LogP contribution is 2.50. The summed E-state index contributed by atoms with van der Waals surface area (Å²) in [5, 5.41) is 3.59. The number of methoxy groups -OCH3 is 1. The highest BCUT2D eigenvalue weighted by atomic mass is 16.5. The van der Waals surface area contributed by atoms with Crippen LogP contribution in [-0.2, 0) is 4.74 Å². The van der Waals surface area contributed by atoms with Crippen LogP contribution in [0.3, 0.4) is 0 Å². The highest BCUT2D eigenvalue weighted by Gasteiger charge is 2.42. The van der Waals surface area contributed by atoms with Crippen LogP contribution in [0.15, 0.2) is 41.0 Å². The van der Waals surface area contributed by atoms with Gasteiger partial charge in [-0.15, -0.1) is 0 Å². The van der Waals surface area contributed by atoms with Gasteiger partial charge < -0.3 is 19.2 Å². The molecule has 0 saturated carbocycles. The van der Waals surface area contributed by atoms with Crippen LogP contribution in [0.5, 0.6) is 5.75 Å². The Bertz CT molecular complexity index is 608. The fraction of sp³-hybridized carbons (Fsp3) is 0.375. The smallest absolute Gasteiger partial charge is 0.126 e. The largest absolute Gasteiger partial charge is 0.497 e. The number of furan rings is 1. The van der Waals surface area contributed by atoms with Crippen LogP contribution in [0.2, 0.25) is 0 Å². The zero-order chi connectivity index (χ0) is 13.5. The summed E-state index contributed by atoms with van der Waals surface area (Å²) in [6.07, 6.45) is 2.89. The van der Waals surface area contributed by atoms with Crippen molar-refractivity contribution in [3.8, 4) is 5.75 Å². The predicted molar refractivity (Wildman–Crippen MR) is 74.9 cm³/mol. The van der Waals surface area contributed by atoms with E-state index < -0.39 is 0 Å². The lowest BCUT2D eigenvalue weighted by molar-refractivity contribution is 0.0806. The molecule has 4 nitrogen and oxygen atoms in total. The van der Waals surface area contributed by atoms with E-state index in [0.717, 1.165) is 30.2 Å². The minimum absolute atomic E-state index is 0.122. The van der Waals surface area contributed by atoms with Crippen molar-refractivity contribution in [1.29, 1.82) is 0 Å². The second-order valence-corrected chi connectivity index (χ2v) is 5.33. The van der Waals surface area contributed by atoms with Crippen LogP contribution in [0, 0.1) is 5.92 Å². The Hall–Kier alpha value is -1.94. The topological polar surface area (TPSA) is 43.6 Å². The first kappa shape index (κ1) is 11.9. The lowest BCUT2D eigenvalue weighted by atomic mass is 9.83. The Kier molecular flexibility index (Phi) is 2.70. The van der Waals surface area contributed by atoms with Crippen molar-refractivity contribution in [2.45, 2.75) is 18.6 Å². The van der Waals surface area contributed by atoms with E-state index >= 15 is 0 Å². The molecule has 0 amide bonds. The summed E-state index contributed by atoms with van der Waals surface area (Å²) in [4.78, 5) is 0. The zero-order valence-electron chi connectivity index (χ0n) is 11.3. The Morgan fingerprint density at radius 3 is 3.05 bits per heavy atom. The van der Waals surface area contributed by atoms with Gasteiger partial charge in [-0.1, -0.05) is 0 Å². The molecule has 0 aliphatic carbocycles. The molecule has 2 aliphatic rings. The molecule has 3 atom stereocenters. The third-order valence-electron chi connectivity index (χ3n) is 4.29. The van der Waals surface area contributed by atoms with Crippen molar-refractivity contribution in [2.24, 2.45) is 5.92 Å². The summed E-state index contributed by atoms with van der Waals surface area (Å²) < 4.78 is 16.9. The monoisotopic (exact) mass is 271 g/mol. The number of hydrogen-bond acceptors (Lipinski definition) is 4. The van der Waals surface area contributed by atoms with Crippen LogP contribution < -0.4 is 10.1 Å². The van der Waals surface area contributed by atoms with Gasteiger partial charge in [0.05, 0.1) is 25.5 Å². The van der Waals surface area contributed by atoms with Crippen LogP contribution in [0.4, 0.5) is 5.69 Å². The minimum Gasteiger partial charge on any atom is -0.497 e. The Morgan fingerprint density at radius 2 is 2.25 bits per heavy atom. The van der Waals surface area contributed by atoms with E-state index in [-0.39, 0.29) is 12.1 Å². The molecule has 0 unspecified atom stereocenters. The fourth-order valence-electron chi connectivity index (χ4n) is 3.33.